The summed E-state index contributed by atoms with van der Waals surface area (Å²) in [7, 11) is 4.10. The maximum absolute atomic E-state index is 4.97. The van der Waals surface area contributed by atoms with E-state index in [2.05, 4.69) is 119 Å². The molecule has 0 N–H and O–H groups in total. The second-order valence-electron chi connectivity index (χ2n) is 12.6. The molecule has 5 nitrogen and oxygen atoms in total. The Morgan fingerprint density at radius 3 is 2.08 bits per heavy atom. The van der Waals surface area contributed by atoms with Crippen molar-refractivity contribution >= 4 is 70.9 Å². The molecule has 0 aliphatic carbocycles. The minimum absolute atomic E-state index is 0. The van der Waals surface area contributed by atoms with E-state index in [4.69, 9.17) is 4.98 Å². The summed E-state index contributed by atoms with van der Waals surface area (Å²) in [6, 6.07) is 55.2. The largest absolute Gasteiger partial charge is 3.00 e. The van der Waals surface area contributed by atoms with Crippen molar-refractivity contribution in [2.75, 3.05) is 0 Å². The van der Waals surface area contributed by atoms with Gasteiger partial charge in [0.2, 0.25) is 6.33 Å². The van der Waals surface area contributed by atoms with Crippen molar-refractivity contribution in [3.05, 3.63) is 158 Å². The van der Waals surface area contributed by atoms with Crippen molar-refractivity contribution in [3.63, 3.8) is 0 Å². The minimum atomic E-state index is 0. The molecule has 4 aromatic heterocycles. The quantitative estimate of drug-likeness (QED) is 0.126. The van der Waals surface area contributed by atoms with E-state index in [1.54, 1.807) is 0 Å². The molecule has 0 saturated heterocycles. The first-order valence-corrected chi connectivity index (χ1v) is 16.4. The fraction of sp³-hybridized carbons (Fsp3) is 0.0455. The molecule has 0 aliphatic rings. The predicted octanol–water partition coefficient (Wildman–Crippen LogP) is 9.40. The first kappa shape index (κ1) is 30.3. The summed E-state index contributed by atoms with van der Waals surface area (Å²) < 4.78 is 8.67. The third-order valence-corrected chi connectivity index (χ3v) is 9.82. The average Bonchev–Trinajstić information content (AvgIpc) is 3.89. The molecule has 0 bridgehead atoms. The molecular weight excluding hydrogens is 791 g/mol. The topological polar surface area (TPSA) is 31.0 Å². The predicted molar refractivity (Wildman–Crippen MR) is 199 cm³/mol. The number of fused-ring (bicyclic) bond motifs is 10. The van der Waals surface area contributed by atoms with Crippen LogP contribution in [0.5, 0.6) is 0 Å². The molecule has 11 rings (SSSR count). The van der Waals surface area contributed by atoms with Crippen molar-refractivity contribution in [1.29, 1.82) is 0 Å². The van der Waals surface area contributed by atoms with Crippen LogP contribution in [-0.2, 0) is 34.2 Å². The van der Waals surface area contributed by atoms with Gasteiger partial charge in [-0.1, -0.05) is 78.5 Å². The maximum Gasteiger partial charge on any atom is 3.00 e. The molecule has 0 unspecified atom stereocenters. The maximum atomic E-state index is 4.97. The number of para-hydroxylation sites is 5. The van der Waals surface area contributed by atoms with Crippen molar-refractivity contribution in [2.24, 2.45) is 14.1 Å². The van der Waals surface area contributed by atoms with Gasteiger partial charge >= 0.3 is 20.1 Å². The summed E-state index contributed by atoms with van der Waals surface area (Å²) in [6.07, 6.45) is 3.27. The summed E-state index contributed by atoms with van der Waals surface area (Å²) >= 11 is 0. The van der Waals surface area contributed by atoms with Crippen LogP contribution in [0, 0.1) is 18.5 Å². The van der Waals surface area contributed by atoms with Crippen LogP contribution < -0.4 is 4.57 Å². The Morgan fingerprint density at radius 2 is 1.28 bits per heavy atom. The van der Waals surface area contributed by atoms with Gasteiger partial charge in [-0.2, -0.15) is 30.3 Å². The zero-order valence-corrected chi connectivity index (χ0v) is 29.7. The number of hydrogen-bond acceptors (Lipinski definition) is 1. The SMILES string of the molecule is C[n+]1[c-]n(-c2[c-]cccc2)c2ccccc21.Cn1c(-c2[c-]cccc2)nc2cc3ccc4c5cccc6c7ccccc7n(c4c3cc21)c65.[Ir+3]. The third-order valence-electron chi connectivity index (χ3n) is 9.82. The Balaban J connectivity index is 0.000000167. The number of aromatic nitrogens is 5. The van der Waals surface area contributed by atoms with Crippen LogP contribution in [0.1, 0.15) is 0 Å². The number of aryl methyl sites for hydroxylation is 2. The Kier molecular flexibility index (Phi) is 7.06. The molecule has 0 fully saturated rings. The molecule has 11 aromatic rings. The number of nitrogens with zero attached hydrogens (tertiary/aromatic N) is 5. The second kappa shape index (κ2) is 11.7. The molecule has 0 amide bonds. The van der Waals surface area contributed by atoms with Crippen molar-refractivity contribution in [2.45, 2.75) is 0 Å². The molecule has 50 heavy (non-hydrogen) atoms. The molecular formula is C44H29IrN5+. The van der Waals surface area contributed by atoms with Gasteiger partial charge in [-0.05, 0) is 23.6 Å². The van der Waals surface area contributed by atoms with Crippen molar-refractivity contribution in [1.82, 2.24) is 18.5 Å². The number of imidazole rings is 2. The summed E-state index contributed by atoms with van der Waals surface area (Å²) in [5, 5.41) is 7.70. The minimum Gasteiger partial charge on any atom is -0.367 e. The van der Waals surface area contributed by atoms with E-state index in [1.807, 2.05) is 70.8 Å². The molecule has 4 heterocycles. The van der Waals surface area contributed by atoms with E-state index >= 15 is 0 Å². The third kappa shape index (κ3) is 4.42. The van der Waals surface area contributed by atoms with Crippen LogP contribution >= 0.6 is 0 Å². The van der Waals surface area contributed by atoms with E-state index in [-0.39, 0.29) is 20.1 Å². The van der Waals surface area contributed by atoms with E-state index in [0.717, 1.165) is 33.6 Å². The number of hydrogen-bond donors (Lipinski definition) is 0. The monoisotopic (exact) mass is 820 g/mol. The second-order valence-corrected chi connectivity index (χ2v) is 12.6. The van der Waals surface area contributed by atoms with E-state index in [0.29, 0.717) is 0 Å². The van der Waals surface area contributed by atoms with Gasteiger partial charge in [0.25, 0.3) is 0 Å². The Labute approximate surface area is 301 Å². The van der Waals surface area contributed by atoms with Gasteiger partial charge in [-0.25, -0.2) is 0 Å². The van der Waals surface area contributed by atoms with Gasteiger partial charge in [-0.3, -0.25) is 4.98 Å². The molecule has 0 saturated carbocycles. The van der Waals surface area contributed by atoms with Gasteiger partial charge < -0.3 is 18.1 Å². The fourth-order valence-corrected chi connectivity index (χ4v) is 7.60. The zero-order chi connectivity index (χ0) is 32.6. The smallest absolute Gasteiger partial charge is 0.367 e. The Hall–Kier alpha value is -5.81. The average molecular weight is 820 g/mol. The van der Waals surface area contributed by atoms with Gasteiger partial charge in [0.1, 0.15) is 0 Å². The normalized spacial score (nSPS) is 11.6. The summed E-state index contributed by atoms with van der Waals surface area (Å²) in [5.41, 5.74) is 10.3. The van der Waals surface area contributed by atoms with Crippen LogP contribution in [-0.4, -0.2) is 18.5 Å². The molecule has 238 valence electrons. The van der Waals surface area contributed by atoms with Gasteiger partial charge in [-0.15, -0.1) is 35.9 Å². The van der Waals surface area contributed by atoms with E-state index < -0.39 is 0 Å². The molecule has 0 spiro atoms. The van der Waals surface area contributed by atoms with Crippen LogP contribution in [0.2, 0.25) is 0 Å². The van der Waals surface area contributed by atoms with Crippen molar-refractivity contribution < 1.29 is 24.7 Å². The fourth-order valence-electron chi connectivity index (χ4n) is 7.60. The molecule has 7 aromatic carbocycles. The number of rotatable bonds is 2. The summed E-state index contributed by atoms with van der Waals surface area (Å²) in [5.74, 6) is 0.939. The molecule has 6 heteroatoms. The van der Waals surface area contributed by atoms with Crippen LogP contribution in [0.3, 0.4) is 0 Å². The summed E-state index contributed by atoms with van der Waals surface area (Å²) in [6.45, 7) is 0. The van der Waals surface area contributed by atoms with Crippen LogP contribution in [0.15, 0.2) is 140 Å². The van der Waals surface area contributed by atoms with Gasteiger partial charge in [0.15, 0.2) is 0 Å². The van der Waals surface area contributed by atoms with E-state index in [1.165, 1.54) is 54.4 Å². The Morgan fingerprint density at radius 1 is 0.600 bits per heavy atom. The van der Waals surface area contributed by atoms with Crippen molar-refractivity contribution in [3.8, 4) is 17.1 Å². The first-order valence-electron chi connectivity index (χ1n) is 16.4. The standard InChI is InChI=1S/C30H18N3.C14H11N2.Ir/c1-32-27-17-24-19(16-25(27)31-30(32)18-8-3-2-4-9-18)14-15-23-22-12-7-11-21-20-10-5-6-13-26(20)33(28(21)22)29(23)24;1-15-11-16(12-7-3-2-4-8-12)14-10-6-5-9-13(14)15;/h2-8,10-17H,1H3;2-7,9-10H,1H3;/q2*-1;+3. The number of benzene rings is 7. The Bertz CT molecular complexity index is 3010. The van der Waals surface area contributed by atoms with Gasteiger partial charge in [0, 0.05) is 34.0 Å². The first-order chi connectivity index (χ1) is 24.2. The summed E-state index contributed by atoms with van der Waals surface area (Å²) in [4.78, 5) is 4.97. The van der Waals surface area contributed by atoms with Gasteiger partial charge in [0.05, 0.1) is 51.5 Å². The molecule has 0 atom stereocenters. The molecule has 0 aliphatic heterocycles. The van der Waals surface area contributed by atoms with E-state index in [9.17, 15) is 0 Å². The van der Waals surface area contributed by atoms with Crippen LogP contribution in [0.4, 0.5) is 0 Å². The zero-order valence-electron chi connectivity index (χ0n) is 27.3. The van der Waals surface area contributed by atoms with Crippen LogP contribution in [0.25, 0.3) is 88.0 Å². The molecule has 0 radical (unpaired) electrons.